The van der Waals surface area contributed by atoms with Crippen molar-refractivity contribution in [2.45, 2.75) is 70.4 Å². The zero-order valence-corrected chi connectivity index (χ0v) is 30.2. The molecule has 4 rings (SSSR count). The van der Waals surface area contributed by atoms with Crippen molar-refractivity contribution >= 4 is 50.7 Å². The zero-order valence-electron chi connectivity index (χ0n) is 27.8. The summed E-state index contributed by atoms with van der Waals surface area (Å²) in [5, 5.41) is 3.65. The van der Waals surface area contributed by atoms with Crippen LogP contribution in [-0.2, 0) is 32.6 Å². The number of hydrogen-bond donors (Lipinski definition) is 1. The van der Waals surface area contributed by atoms with Gasteiger partial charge in [0.05, 0.1) is 10.6 Å². The third-order valence-corrected chi connectivity index (χ3v) is 10.7. The number of benzene rings is 4. The highest BCUT2D eigenvalue weighted by Gasteiger charge is 2.35. The summed E-state index contributed by atoms with van der Waals surface area (Å²) in [6.07, 6.45) is 1.84. The number of nitrogens with zero attached hydrogens (tertiary/aromatic N) is 2. The predicted octanol–water partition coefficient (Wildman–Crippen LogP) is 8.18. The number of sulfonamides is 1. The molecule has 0 saturated heterocycles. The monoisotopic (exact) mass is 707 g/mol. The molecular formula is C38H43Cl2N3O4S. The Hall–Kier alpha value is -3.85. The van der Waals surface area contributed by atoms with E-state index < -0.39 is 28.5 Å². The predicted molar refractivity (Wildman–Crippen MR) is 195 cm³/mol. The summed E-state index contributed by atoms with van der Waals surface area (Å²) in [5.74, 6) is -0.706. The van der Waals surface area contributed by atoms with Crippen LogP contribution in [-0.4, -0.2) is 44.3 Å². The second-order valence-corrected chi connectivity index (χ2v) is 14.8. The van der Waals surface area contributed by atoms with Gasteiger partial charge in [0.15, 0.2) is 0 Å². The van der Waals surface area contributed by atoms with E-state index in [1.165, 1.54) is 17.0 Å². The standard InChI is InChI=1S/C38H43Cl2N3O4S/c1-5-6-23-41-38(45)36(24-29-11-8-7-9-12-29)42(25-33-34(39)13-10-14-35(33)40)37(44)26-43(31-19-17-30(18-20-31)27(2)3)48(46,47)32-21-15-28(4)16-22-32/h7-22,27,36H,5-6,23-26H2,1-4H3,(H,41,45)/t36-/m1/s1. The minimum Gasteiger partial charge on any atom is -0.354 e. The third-order valence-electron chi connectivity index (χ3n) is 8.23. The molecule has 0 radical (unpaired) electrons. The van der Waals surface area contributed by atoms with E-state index in [1.54, 1.807) is 42.5 Å². The van der Waals surface area contributed by atoms with Gasteiger partial charge in [-0.25, -0.2) is 8.42 Å². The lowest BCUT2D eigenvalue weighted by Gasteiger charge is -2.34. The van der Waals surface area contributed by atoms with E-state index in [9.17, 15) is 18.0 Å². The summed E-state index contributed by atoms with van der Waals surface area (Å²) in [4.78, 5) is 30.1. The lowest BCUT2D eigenvalue weighted by molar-refractivity contribution is -0.140. The largest absolute Gasteiger partial charge is 0.354 e. The van der Waals surface area contributed by atoms with Gasteiger partial charge < -0.3 is 10.2 Å². The quantitative estimate of drug-likeness (QED) is 0.126. The lowest BCUT2D eigenvalue weighted by Crippen LogP contribution is -2.53. The van der Waals surface area contributed by atoms with E-state index in [-0.39, 0.29) is 29.7 Å². The van der Waals surface area contributed by atoms with E-state index in [2.05, 4.69) is 19.2 Å². The molecular weight excluding hydrogens is 665 g/mol. The number of halogens is 2. The molecule has 0 bridgehead atoms. The van der Waals surface area contributed by atoms with Gasteiger partial charge in [-0.05, 0) is 66.8 Å². The van der Waals surface area contributed by atoms with Crippen LogP contribution >= 0.6 is 23.2 Å². The topological polar surface area (TPSA) is 86.8 Å². The summed E-state index contributed by atoms with van der Waals surface area (Å²) in [5.41, 5.74) is 3.56. The molecule has 0 heterocycles. The van der Waals surface area contributed by atoms with Crippen LogP contribution in [0.2, 0.25) is 10.0 Å². The molecule has 0 aromatic heterocycles. The number of hydrogen-bond acceptors (Lipinski definition) is 4. The number of amides is 2. The second kappa shape index (κ2) is 17.0. The van der Waals surface area contributed by atoms with Crippen molar-refractivity contribution in [1.29, 1.82) is 0 Å². The fourth-order valence-corrected chi connectivity index (χ4v) is 7.24. The van der Waals surface area contributed by atoms with Crippen molar-refractivity contribution in [2.24, 2.45) is 0 Å². The van der Waals surface area contributed by atoms with Crippen LogP contribution in [0.15, 0.2) is 102 Å². The van der Waals surface area contributed by atoms with Crippen molar-refractivity contribution in [3.63, 3.8) is 0 Å². The van der Waals surface area contributed by atoms with Crippen LogP contribution in [0.5, 0.6) is 0 Å². The molecule has 0 unspecified atom stereocenters. The van der Waals surface area contributed by atoms with Crippen LogP contribution < -0.4 is 9.62 Å². The maximum absolute atomic E-state index is 14.7. The van der Waals surface area contributed by atoms with Crippen LogP contribution in [0.1, 0.15) is 61.8 Å². The van der Waals surface area contributed by atoms with Gasteiger partial charge in [-0.15, -0.1) is 0 Å². The fourth-order valence-electron chi connectivity index (χ4n) is 5.31. The minimum atomic E-state index is -4.21. The van der Waals surface area contributed by atoms with Gasteiger partial charge >= 0.3 is 0 Å². The molecule has 0 aliphatic carbocycles. The van der Waals surface area contributed by atoms with Crippen LogP contribution in [0, 0.1) is 6.92 Å². The summed E-state index contributed by atoms with van der Waals surface area (Å²) < 4.78 is 29.7. The number of aryl methyl sites for hydroxylation is 1. The Bertz CT molecular complexity index is 1760. The maximum atomic E-state index is 14.7. The van der Waals surface area contributed by atoms with Gasteiger partial charge in [0.1, 0.15) is 12.6 Å². The molecule has 7 nitrogen and oxygen atoms in total. The Balaban J connectivity index is 1.83. The number of unbranched alkanes of at least 4 members (excludes halogenated alkanes) is 1. The molecule has 254 valence electrons. The van der Waals surface area contributed by atoms with E-state index in [1.807, 2.05) is 56.3 Å². The normalized spacial score (nSPS) is 12.1. The highest BCUT2D eigenvalue weighted by atomic mass is 35.5. The first-order chi connectivity index (χ1) is 22.9. The van der Waals surface area contributed by atoms with Crippen molar-refractivity contribution in [2.75, 3.05) is 17.4 Å². The summed E-state index contributed by atoms with van der Waals surface area (Å²) in [6.45, 7) is 7.77. The average molecular weight is 709 g/mol. The Morgan fingerprint density at radius 3 is 2.04 bits per heavy atom. The molecule has 0 aliphatic rings. The number of carbonyl (C=O) groups is 2. The van der Waals surface area contributed by atoms with E-state index in [0.717, 1.165) is 33.8 Å². The van der Waals surface area contributed by atoms with Crippen molar-refractivity contribution in [3.8, 4) is 0 Å². The molecule has 48 heavy (non-hydrogen) atoms. The van der Waals surface area contributed by atoms with Crippen molar-refractivity contribution < 1.29 is 18.0 Å². The molecule has 10 heteroatoms. The maximum Gasteiger partial charge on any atom is 0.264 e. The first-order valence-electron chi connectivity index (χ1n) is 16.2. The molecule has 0 spiro atoms. The smallest absolute Gasteiger partial charge is 0.264 e. The molecule has 4 aromatic rings. The Morgan fingerprint density at radius 2 is 1.46 bits per heavy atom. The van der Waals surface area contributed by atoms with Gasteiger partial charge in [-0.3, -0.25) is 13.9 Å². The third kappa shape index (κ3) is 9.40. The average Bonchev–Trinajstić information content (AvgIpc) is 3.07. The van der Waals surface area contributed by atoms with E-state index >= 15 is 0 Å². The Labute approximate surface area is 294 Å². The highest BCUT2D eigenvalue weighted by molar-refractivity contribution is 7.92. The van der Waals surface area contributed by atoms with Crippen LogP contribution in [0.4, 0.5) is 5.69 Å². The van der Waals surface area contributed by atoms with Crippen molar-refractivity contribution in [1.82, 2.24) is 10.2 Å². The lowest BCUT2D eigenvalue weighted by atomic mass is 10.0. The van der Waals surface area contributed by atoms with Gasteiger partial charge in [-0.2, -0.15) is 0 Å². The molecule has 1 N–H and O–H groups in total. The molecule has 2 amide bonds. The molecule has 0 aliphatic heterocycles. The molecule has 1 atom stereocenters. The minimum absolute atomic E-state index is 0.0488. The summed E-state index contributed by atoms with van der Waals surface area (Å²) >= 11 is 13.2. The first kappa shape index (κ1) is 37.0. The molecule has 4 aromatic carbocycles. The number of rotatable bonds is 15. The van der Waals surface area contributed by atoms with Crippen LogP contribution in [0.25, 0.3) is 0 Å². The van der Waals surface area contributed by atoms with Gasteiger partial charge in [0.2, 0.25) is 11.8 Å². The van der Waals surface area contributed by atoms with E-state index in [0.29, 0.717) is 27.8 Å². The number of anilines is 1. The summed E-state index contributed by atoms with van der Waals surface area (Å²) in [7, 11) is -4.21. The first-order valence-corrected chi connectivity index (χ1v) is 18.3. The molecule has 0 saturated carbocycles. The molecule has 0 fully saturated rings. The SMILES string of the molecule is CCCCNC(=O)[C@@H](Cc1ccccc1)N(Cc1c(Cl)cccc1Cl)C(=O)CN(c1ccc(C(C)C)cc1)S(=O)(=O)c1ccc(C)cc1. The number of nitrogens with one attached hydrogen (secondary N) is 1. The Kier molecular flexibility index (Phi) is 13.1. The van der Waals surface area contributed by atoms with Crippen molar-refractivity contribution in [3.05, 3.63) is 129 Å². The number of carbonyl (C=O) groups excluding carboxylic acids is 2. The van der Waals surface area contributed by atoms with E-state index in [4.69, 9.17) is 23.2 Å². The van der Waals surface area contributed by atoms with Gasteiger partial charge in [0, 0.05) is 35.1 Å². The fraction of sp³-hybridized carbons (Fsp3) is 0.316. The summed E-state index contributed by atoms with van der Waals surface area (Å²) in [6, 6.07) is 27.1. The van der Waals surface area contributed by atoms with Gasteiger partial charge in [-0.1, -0.05) is 117 Å². The highest BCUT2D eigenvalue weighted by Crippen LogP contribution is 2.30. The van der Waals surface area contributed by atoms with Crippen LogP contribution in [0.3, 0.4) is 0 Å². The zero-order chi connectivity index (χ0) is 34.8. The Morgan fingerprint density at radius 1 is 0.833 bits per heavy atom. The second-order valence-electron chi connectivity index (χ2n) is 12.1. The van der Waals surface area contributed by atoms with Gasteiger partial charge in [0.25, 0.3) is 10.0 Å².